The summed E-state index contributed by atoms with van der Waals surface area (Å²) in [5.41, 5.74) is 2.69. The second kappa shape index (κ2) is 7.56. The third-order valence-electron chi connectivity index (χ3n) is 5.25. The van der Waals surface area contributed by atoms with Crippen molar-refractivity contribution in [2.45, 2.75) is 44.8 Å². The predicted molar refractivity (Wildman–Crippen MR) is 105 cm³/mol. The number of amides is 1. The van der Waals surface area contributed by atoms with Gasteiger partial charge < -0.3 is 20.6 Å². The fourth-order valence-corrected chi connectivity index (χ4v) is 3.45. The molecule has 2 aromatic rings. The number of hydrogen-bond acceptors (Lipinski definition) is 5. The van der Waals surface area contributed by atoms with Crippen molar-refractivity contribution in [3.63, 3.8) is 0 Å². The van der Waals surface area contributed by atoms with Gasteiger partial charge in [0.2, 0.25) is 0 Å². The van der Waals surface area contributed by atoms with Gasteiger partial charge in [-0.25, -0.2) is 4.98 Å². The summed E-state index contributed by atoms with van der Waals surface area (Å²) >= 11 is 0. The van der Waals surface area contributed by atoms with Gasteiger partial charge in [0.15, 0.2) is 0 Å². The summed E-state index contributed by atoms with van der Waals surface area (Å²) in [6, 6.07) is 10.2. The zero-order valence-corrected chi connectivity index (χ0v) is 15.6. The van der Waals surface area contributed by atoms with Crippen LogP contribution in [-0.2, 0) is 6.54 Å². The van der Waals surface area contributed by atoms with Crippen molar-refractivity contribution in [1.82, 2.24) is 15.6 Å². The largest absolute Gasteiger partial charge is 0.508 e. The molecule has 6 nitrogen and oxygen atoms in total. The molecule has 1 aliphatic heterocycles. The standard InChI is InChI=1S/C21H26N4O2/c1-14-2-6-19(26)16(10-14)12-22-18-8-9-25(13-18)20-7-3-15(11-23-20)21(27)24-17-4-5-17/h2-3,6-7,10-11,17-18,22,26H,4-5,8-9,12-13H2,1H3,(H,24,27)/t18-/m1/s1. The van der Waals surface area contributed by atoms with Crippen molar-refractivity contribution in [2.24, 2.45) is 0 Å². The zero-order chi connectivity index (χ0) is 18.8. The van der Waals surface area contributed by atoms with Crippen LogP contribution in [-0.4, -0.2) is 41.2 Å². The third kappa shape index (κ3) is 4.39. The van der Waals surface area contributed by atoms with Crippen LogP contribution in [0.15, 0.2) is 36.5 Å². The van der Waals surface area contributed by atoms with Crippen LogP contribution >= 0.6 is 0 Å². The highest BCUT2D eigenvalue weighted by molar-refractivity contribution is 5.94. The lowest BCUT2D eigenvalue weighted by Gasteiger charge is -2.18. The zero-order valence-electron chi connectivity index (χ0n) is 15.6. The van der Waals surface area contributed by atoms with Crippen molar-refractivity contribution < 1.29 is 9.90 Å². The number of hydrogen-bond donors (Lipinski definition) is 3. The van der Waals surface area contributed by atoms with E-state index in [1.54, 1.807) is 12.3 Å². The minimum absolute atomic E-state index is 0.0320. The molecule has 27 heavy (non-hydrogen) atoms. The number of rotatable bonds is 6. The second-order valence-electron chi connectivity index (χ2n) is 7.60. The van der Waals surface area contributed by atoms with Crippen molar-refractivity contribution in [2.75, 3.05) is 18.0 Å². The number of benzene rings is 1. The van der Waals surface area contributed by atoms with Crippen LogP contribution in [0, 0.1) is 6.92 Å². The molecule has 142 valence electrons. The molecule has 2 heterocycles. The number of phenols is 1. The number of carbonyl (C=O) groups is 1. The number of aromatic nitrogens is 1. The molecule has 1 amide bonds. The number of pyridine rings is 1. The van der Waals surface area contributed by atoms with Crippen LogP contribution in [0.25, 0.3) is 0 Å². The van der Waals surface area contributed by atoms with Gasteiger partial charge in [-0.05, 0) is 44.4 Å². The summed E-state index contributed by atoms with van der Waals surface area (Å²) in [7, 11) is 0. The van der Waals surface area contributed by atoms with Gasteiger partial charge >= 0.3 is 0 Å². The molecule has 0 radical (unpaired) electrons. The Labute approximate surface area is 159 Å². The first-order valence-corrected chi connectivity index (χ1v) is 9.62. The van der Waals surface area contributed by atoms with E-state index >= 15 is 0 Å². The van der Waals surface area contributed by atoms with Crippen LogP contribution in [0.4, 0.5) is 5.82 Å². The molecule has 0 bridgehead atoms. The lowest BCUT2D eigenvalue weighted by molar-refractivity contribution is 0.0950. The fourth-order valence-electron chi connectivity index (χ4n) is 3.45. The Hall–Kier alpha value is -2.60. The van der Waals surface area contributed by atoms with E-state index in [1.165, 1.54) is 0 Å². The Morgan fingerprint density at radius 2 is 2.07 bits per heavy atom. The highest BCUT2D eigenvalue weighted by Crippen LogP contribution is 2.22. The van der Waals surface area contributed by atoms with Gasteiger partial charge in [-0.2, -0.15) is 0 Å². The van der Waals surface area contributed by atoms with E-state index in [9.17, 15) is 9.90 Å². The minimum Gasteiger partial charge on any atom is -0.508 e. The van der Waals surface area contributed by atoms with Gasteiger partial charge in [0.25, 0.3) is 5.91 Å². The van der Waals surface area contributed by atoms with Crippen LogP contribution in [0.1, 0.15) is 40.7 Å². The van der Waals surface area contributed by atoms with Crippen molar-refractivity contribution in [1.29, 1.82) is 0 Å². The van der Waals surface area contributed by atoms with E-state index in [2.05, 4.69) is 20.5 Å². The van der Waals surface area contributed by atoms with E-state index in [4.69, 9.17) is 0 Å². The number of carbonyl (C=O) groups excluding carboxylic acids is 1. The summed E-state index contributed by atoms with van der Waals surface area (Å²) in [6.07, 6.45) is 4.86. The first kappa shape index (κ1) is 17.8. The maximum Gasteiger partial charge on any atom is 0.253 e. The molecule has 2 fully saturated rings. The molecule has 1 aromatic heterocycles. The summed E-state index contributed by atoms with van der Waals surface area (Å²) in [5, 5.41) is 16.5. The van der Waals surface area contributed by atoms with Gasteiger partial charge in [0.05, 0.1) is 5.56 Å². The summed E-state index contributed by atoms with van der Waals surface area (Å²) in [6.45, 7) is 4.48. The highest BCUT2D eigenvalue weighted by Gasteiger charge is 2.25. The number of aromatic hydroxyl groups is 1. The summed E-state index contributed by atoms with van der Waals surface area (Å²) < 4.78 is 0. The molecule has 2 aliphatic rings. The van der Waals surface area contributed by atoms with Crippen LogP contribution in [0.5, 0.6) is 5.75 Å². The molecule has 3 N–H and O–H groups in total. The average Bonchev–Trinajstić information content (AvgIpc) is 3.36. The minimum atomic E-state index is -0.0320. The second-order valence-corrected chi connectivity index (χ2v) is 7.60. The molecule has 1 aliphatic carbocycles. The molecule has 4 rings (SSSR count). The molecule has 1 aromatic carbocycles. The highest BCUT2D eigenvalue weighted by atomic mass is 16.3. The molecule has 1 saturated carbocycles. The lowest BCUT2D eigenvalue weighted by Crippen LogP contribution is -2.32. The smallest absolute Gasteiger partial charge is 0.253 e. The van der Waals surface area contributed by atoms with Gasteiger partial charge in [-0.15, -0.1) is 0 Å². The van der Waals surface area contributed by atoms with Gasteiger partial charge in [0.1, 0.15) is 11.6 Å². The van der Waals surface area contributed by atoms with Gasteiger partial charge in [-0.3, -0.25) is 4.79 Å². The normalized spacial score (nSPS) is 19.3. The molecule has 0 spiro atoms. The van der Waals surface area contributed by atoms with E-state index in [1.807, 2.05) is 31.2 Å². The number of nitrogens with zero attached hydrogens (tertiary/aromatic N) is 2. The van der Waals surface area contributed by atoms with Crippen molar-refractivity contribution in [3.8, 4) is 5.75 Å². The van der Waals surface area contributed by atoms with Crippen LogP contribution in [0.3, 0.4) is 0 Å². The first-order valence-electron chi connectivity index (χ1n) is 9.62. The number of phenolic OH excluding ortho intramolecular Hbond substituents is 1. The Bertz CT molecular complexity index is 817. The van der Waals surface area contributed by atoms with Crippen molar-refractivity contribution in [3.05, 3.63) is 53.2 Å². The summed E-state index contributed by atoms with van der Waals surface area (Å²) in [5.74, 6) is 1.21. The van der Waals surface area contributed by atoms with Crippen LogP contribution in [0.2, 0.25) is 0 Å². The topological polar surface area (TPSA) is 77.5 Å². The molecular formula is C21H26N4O2. The SMILES string of the molecule is Cc1ccc(O)c(CN[C@@H]2CCN(c3ccc(C(=O)NC4CC4)cn3)C2)c1. The monoisotopic (exact) mass is 366 g/mol. The van der Waals surface area contributed by atoms with Gasteiger partial charge in [0, 0.05) is 43.5 Å². The first-order chi connectivity index (χ1) is 13.1. The Balaban J connectivity index is 1.31. The fraction of sp³-hybridized carbons (Fsp3) is 0.429. The molecule has 0 unspecified atom stereocenters. The Kier molecular flexibility index (Phi) is 4.99. The predicted octanol–water partition coefficient (Wildman–Crippen LogP) is 2.36. The van der Waals surface area contributed by atoms with Gasteiger partial charge in [-0.1, -0.05) is 17.7 Å². The lowest BCUT2D eigenvalue weighted by atomic mass is 10.1. The summed E-state index contributed by atoms with van der Waals surface area (Å²) in [4.78, 5) is 18.8. The Morgan fingerprint density at radius 3 is 2.81 bits per heavy atom. The average molecular weight is 366 g/mol. The van der Waals surface area contributed by atoms with E-state index in [-0.39, 0.29) is 5.91 Å². The molecular weight excluding hydrogens is 340 g/mol. The molecule has 1 atom stereocenters. The maximum atomic E-state index is 12.1. The molecule has 1 saturated heterocycles. The van der Waals surface area contributed by atoms with E-state index in [0.717, 1.165) is 49.3 Å². The Morgan fingerprint density at radius 1 is 1.22 bits per heavy atom. The van der Waals surface area contributed by atoms with Crippen molar-refractivity contribution >= 4 is 11.7 Å². The molecule has 6 heteroatoms. The quantitative estimate of drug-likeness (QED) is 0.732. The van der Waals surface area contributed by atoms with E-state index < -0.39 is 0 Å². The van der Waals surface area contributed by atoms with E-state index in [0.29, 0.717) is 29.9 Å². The van der Waals surface area contributed by atoms with Crippen LogP contribution < -0.4 is 15.5 Å². The maximum absolute atomic E-state index is 12.1. The number of aryl methyl sites for hydroxylation is 1. The third-order valence-corrected chi connectivity index (χ3v) is 5.25. The number of nitrogens with one attached hydrogen (secondary N) is 2. The number of anilines is 1.